The van der Waals surface area contributed by atoms with Gasteiger partial charge in [0.25, 0.3) is 0 Å². The predicted molar refractivity (Wildman–Crippen MR) is 102 cm³/mol. The number of rotatable bonds is 6. The van der Waals surface area contributed by atoms with E-state index in [1.165, 1.54) is 0 Å². The number of ether oxygens (including phenoxy) is 1. The first kappa shape index (κ1) is 19.4. The number of methoxy groups -OCH3 is 1. The van der Waals surface area contributed by atoms with Crippen molar-refractivity contribution < 1.29 is 9.84 Å². The Hall–Kier alpha value is -1.95. The first-order valence-corrected chi connectivity index (χ1v) is 8.49. The minimum Gasteiger partial charge on any atom is -0.497 e. The van der Waals surface area contributed by atoms with Crippen LogP contribution in [-0.4, -0.2) is 24.7 Å². The molecule has 0 aliphatic heterocycles. The summed E-state index contributed by atoms with van der Waals surface area (Å²) in [6, 6.07) is 12.3. The summed E-state index contributed by atoms with van der Waals surface area (Å²) in [6.07, 6.45) is -0.749. The monoisotopic (exact) mass is 381 g/mol. The van der Waals surface area contributed by atoms with Gasteiger partial charge in [0.05, 0.1) is 25.8 Å². The quantitative estimate of drug-likeness (QED) is 0.526. The van der Waals surface area contributed by atoms with E-state index in [-0.39, 0.29) is 18.5 Å². The van der Waals surface area contributed by atoms with Gasteiger partial charge in [-0.3, -0.25) is 4.99 Å². The topological polar surface area (TPSA) is 79.9 Å². The van der Waals surface area contributed by atoms with Gasteiger partial charge < -0.3 is 20.9 Å². The molecule has 0 saturated carbocycles. The molecule has 0 aliphatic rings. The van der Waals surface area contributed by atoms with E-state index in [9.17, 15) is 5.11 Å². The number of nitrogens with zero attached hydrogens (tertiary/aromatic N) is 1. The highest BCUT2D eigenvalue weighted by Crippen LogP contribution is 2.26. The highest BCUT2D eigenvalue weighted by Gasteiger charge is 2.12. The van der Waals surface area contributed by atoms with Gasteiger partial charge in [0.15, 0.2) is 5.96 Å². The van der Waals surface area contributed by atoms with Gasteiger partial charge in [-0.15, -0.1) is 0 Å². The number of aliphatic hydroxyl groups is 1. The Balaban J connectivity index is 1.95. The standard InChI is InChI=1S/C18H21Cl2N3O2/c1-11(15-8-5-13(19)9-16(15)20)23-18(21)22-10-17(24)12-3-6-14(25-2)7-4-12/h3-9,11,17,24H,10H2,1-2H3,(H3,21,22,23). The van der Waals surface area contributed by atoms with Crippen molar-refractivity contribution in [1.82, 2.24) is 5.32 Å². The van der Waals surface area contributed by atoms with E-state index in [1.54, 1.807) is 43.5 Å². The molecule has 0 spiro atoms. The van der Waals surface area contributed by atoms with Gasteiger partial charge in [0, 0.05) is 10.0 Å². The molecule has 134 valence electrons. The smallest absolute Gasteiger partial charge is 0.189 e. The van der Waals surface area contributed by atoms with Crippen LogP contribution in [0.25, 0.3) is 0 Å². The maximum atomic E-state index is 10.2. The summed E-state index contributed by atoms with van der Waals surface area (Å²) in [4.78, 5) is 4.19. The summed E-state index contributed by atoms with van der Waals surface area (Å²) in [5, 5.41) is 14.4. The molecule has 0 saturated heterocycles. The summed E-state index contributed by atoms with van der Waals surface area (Å²) in [5.41, 5.74) is 7.51. The van der Waals surface area contributed by atoms with E-state index in [0.717, 1.165) is 16.9 Å². The predicted octanol–water partition coefficient (Wildman–Crippen LogP) is 3.70. The van der Waals surface area contributed by atoms with Gasteiger partial charge >= 0.3 is 0 Å². The molecule has 0 aromatic heterocycles. The maximum Gasteiger partial charge on any atom is 0.189 e. The minimum absolute atomic E-state index is 0.145. The normalized spacial score (nSPS) is 14.0. The van der Waals surface area contributed by atoms with Crippen LogP contribution in [0.2, 0.25) is 10.0 Å². The van der Waals surface area contributed by atoms with Gasteiger partial charge in [-0.25, -0.2) is 0 Å². The Morgan fingerprint density at radius 2 is 1.92 bits per heavy atom. The van der Waals surface area contributed by atoms with Crippen LogP contribution in [0.4, 0.5) is 0 Å². The number of aliphatic imine (C=N–C) groups is 1. The molecule has 2 unspecified atom stereocenters. The fourth-order valence-electron chi connectivity index (χ4n) is 2.31. The van der Waals surface area contributed by atoms with E-state index >= 15 is 0 Å². The van der Waals surface area contributed by atoms with Crippen molar-refractivity contribution in [3.8, 4) is 5.75 Å². The molecular weight excluding hydrogens is 361 g/mol. The molecule has 0 bridgehead atoms. The average molecular weight is 382 g/mol. The van der Waals surface area contributed by atoms with Crippen molar-refractivity contribution in [2.24, 2.45) is 10.7 Å². The summed E-state index contributed by atoms with van der Waals surface area (Å²) < 4.78 is 5.09. The molecule has 0 aliphatic carbocycles. The third-order valence-corrected chi connectivity index (χ3v) is 4.29. The van der Waals surface area contributed by atoms with Gasteiger partial charge in [0.1, 0.15) is 5.75 Å². The molecule has 25 heavy (non-hydrogen) atoms. The lowest BCUT2D eigenvalue weighted by Gasteiger charge is -2.17. The highest BCUT2D eigenvalue weighted by atomic mass is 35.5. The SMILES string of the molecule is COc1ccc(C(O)CN=C(N)NC(C)c2ccc(Cl)cc2Cl)cc1. The summed E-state index contributed by atoms with van der Waals surface area (Å²) in [6.45, 7) is 2.06. The number of aliphatic hydroxyl groups excluding tert-OH is 1. The molecule has 4 N–H and O–H groups in total. The Morgan fingerprint density at radius 1 is 1.24 bits per heavy atom. The van der Waals surface area contributed by atoms with Crippen molar-refractivity contribution in [3.05, 3.63) is 63.6 Å². The van der Waals surface area contributed by atoms with Crippen LogP contribution in [0, 0.1) is 0 Å². The number of hydrogen-bond acceptors (Lipinski definition) is 3. The molecule has 2 aromatic rings. The molecule has 0 heterocycles. The van der Waals surface area contributed by atoms with Crippen LogP contribution < -0.4 is 15.8 Å². The van der Waals surface area contributed by atoms with E-state index < -0.39 is 6.10 Å². The van der Waals surface area contributed by atoms with Crippen LogP contribution in [0.15, 0.2) is 47.5 Å². The second kappa shape index (κ2) is 8.94. The number of hydrogen-bond donors (Lipinski definition) is 3. The van der Waals surface area contributed by atoms with E-state index in [4.69, 9.17) is 33.7 Å². The third kappa shape index (κ3) is 5.53. The van der Waals surface area contributed by atoms with E-state index in [2.05, 4.69) is 10.3 Å². The lowest BCUT2D eigenvalue weighted by molar-refractivity contribution is 0.187. The van der Waals surface area contributed by atoms with Crippen LogP contribution in [0.1, 0.15) is 30.2 Å². The second-order valence-electron chi connectivity index (χ2n) is 5.55. The molecular formula is C18H21Cl2N3O2. The van der Waals surface area contributed by atoms with Crippen molar-refractivity contribution in [3.63, 3.8) is 0 Å². The van der Waals surface area contributed by atoms with Crippen molar-refractivity contribution in [2.45, 2.75) is 19.1 Å². The molecule has 2 rings (SSSR count). The lowest BCUT2D eigenvalue weighted by atomic mass is 10.1. The van der Waals surface area contributed by atoms with Crippen LogP contribution in [0.5, 0.6) is 5.75 Å². The van der Waals surface area contributed by atoms with Gasteiger partial charge in [-0.05, 0) is 42.3 Å². The first-order chi connectivity index (χ1) is 11.9. The minimum atomic E-state index is -0.749. The zero-order valence-corrected chi connectivity index (χ0v) is 15.6. The van der Waals surface area contributed by atoms with E-state index in [0.29, 0.717) is 10.0 Å². The molecule has 2 atom stereocenters. The number of nitrogens with two attached hydrogens (primary N) is 1. The van der Waals surface area contributed by atoms with Crippen LogP contribution >= 0.6 is 23.2 Å². The van der Waals surface area contributed by atoms with Crippen molar-refractivity contribution in [1.29, 1.82) is 0 Å². The summed E-state index contributed by atoms with van der Waals surface area (Å²) >= 11 is 12.1. The Labute approximate surface area is 157 Å². The maximum absolute atomic E-state index is 10.2. The van der Waals surface area contributed by atoms with Gasteiger partial charge in [-0.2, -0.15) is 0 Å². The molecule has 5 nitrogen and oxygen atoms in total. The van der Waals surface area contributed by atoms with Crippen molar-refractivity contribution in [2.75, 3.05) is 13.7 Å². The van der Waals surface area contributed by atoms with Gasteiger partial charge in [0.2, 0.25) is 0 Å². The second-order valence-corrected chi connectivity index (χ2v) is 6.39. The van der Waals surface area contributed by atoms with Crippen molar-refractivity contribution >= 4 is 29.2 Å². The zero-order chi connectivity index (χ0) is 18.4. The molecule has 2 aromatic carbocycles. The molecule has 0 radical (unpaired) electrons. The number of nitrogens with one attached hydrogen (secondary N) is 1. The highest BCUT2D eigenvalue weighted by molar-refractivity contribution is 6.35. The third-order valence-electron chi connectivity index (χ3n) is 3.73. The fourth-order valence-corrected chi connectivity index (χ4v) is 2.89. The largest absolute Gasteiger partial charge is 0.497 e. The molecule has 0 amide bonds. The molecule has 0 fully saturated rings. The summed E-state index contributed by atoms with van der Waals surface area (Å²) in [7, 11) is 1.59. The van der Waals surface area contributed by atoms with E-state index in [1.807, 2.05) is 13.0 Å². The fraction of sp³-hybridized carbons (Fsp3) is 0.278. The van der Waals surface area contributed by atoms with Crippen LogP contribution in [-0.2, 0) is 0 Å². The zero-order valence-electron chi connectivity index (χ0n) is 14.0. The summed E-state index contributed by atoms with van der Waals surface area (Å²) in [5.74, 6) is 0.959. The first-order valence-electron chi connectivity index (χ1n) is 7.74. The number of guanidine groups is 1. The molecule has 7 heteroatoms. The Morgan fingerprint density at radius 3 is 2.52 bits per heavy atom. The Kier molecular flexibility index (Phi) is 6.93. The van der Waals surface area contributed by atoms with Gasteiger partial charge in [-0.1, -0.05) is 41.4 Å². The lowest BCUT2D eigenvalue weighted by Crippen LogP contribution is -2.34. The number of halogens is 2. The average Bonchev–Trinajstić information content (AvgIpc) is 2.59. The Bertz CT molecular complexity index is 736. The number of benzene rings is 2. The van der Waals surface area contributed by atoms with Crippen LogP contribution in [0.3, 0.4) is 0 Å².